The second-order valence-corrected chi connectivity index (χ2v) is 3.83. The van der Waals surface area contributed by atoms with E-state index in [-0.39, 0.29) is 31.9 Å². The van der Waals surface area contributed by atoms with Crippen molar-refractivity contribution in [3.8, 4) is 0 Å². The molecule has 9 heteroatoms. The van der Waals surface area contributed by atoms with Crippen LogP contribution in [0.15, 0.2) is 12.3 Å². The van der Waals surface area contributed by atoms with Gasteiger partial charge in [-0.25, -0.2) is 4.98 Å². The summed E-state index contributed by atoms with van der Waals surface area (Å²) >= 11 is 0. The molecule has 9 nitrogen and oxygen atoms in total. The van der Waals surface area contributed by atoms with Gasteiger partial charge in [0, 0.05) is 26.2 Å². The molecule has 1 aromatic heterocycles. The average molecular weight is 284 g/mol. The van der Waals surface area contributed by atoms with E-state index in [2.05, 4.69) is 10.3 Å². The molecule has 0 aliphatic carbocycles. The number of aliphatic hydroxyl groups is 2. The number of nitrogens with one attached hydrogen (secondary N) is 1. The minimum Gasteiger partial charge on any atom is -0.395 e. The summed E-state index contributed by atoms with van der Waals surface area (Å²) in [6.07, 6.45) is 0.995. The van der Waals surface area contributed by atoms with Crippen molar-refractivity contribution in [1.29, 1.82) is 0 Å². The molecule has 0 unspecified atom stereocenters. The van der Waals surface area contributed by atoms with Gasteiger partial charge in [-0.3, -0.25) is 14.9 Å². The van der Waals surface area contributed by atoms with Crippen LogP contribution in [-0.4, -0.2) is 64.3 Å². The third-order valence-corrected chi connectivity index (χ3v) is 2.59. The zero-order valence-corrected chi connectivity index (χ0v) is 10.9. The van der Waals surface area contributed by atoms with E-state index in [1.807, 2.05) is 0 Å². The summed E-state index contributed by atoms with van der Waals surface area (Å²) < 4.78 is 0. The molecule has 1 rings (SSSR count). The quantitative estimate of drug-likeness (QED) is 0.453. The molecule has 1 amide bonds. The number of aliphatic hydroxyl groups excluding tert-OH is 2. The molecular formula is C11H16N4O5. The van der Waals surface area contributed by atoms with Gasteiger partial charge < -0.3 is 20.4 Å². The van der Waals surface area contributed by atoms with Crippen molar-refractivity contribution < 1.29 is 19.9 Å². The van der Waals surface area contributed by atoms with Gasteiger partial charge in [-0.15, -0.1) is 0 Å². The molecule has 0 fully saturated rings. The molecule has 0 aromatic carbocycles. The molecule has 1 aromatic rings. The van der Waals surface area contributed by atoms with Crippen LogP contribution < -0.4 is 5.32 Å². The van der Waals surface area contributed by atoms with Crippen LogP contribution in [0.2, 0.25) is 0 Å². The summed E-state index contributed by atoms with van der Waals surface area (Å²) in [5.74, 6) is -0.328. The minimum absolute atomic E-state index is 0.0201. The van der Waals surface area contributed by atoms with E-state index < -0.39 is 16.5 Å². The van der Waals surface area contributed by atoms with E-state index >= 15 is 0 Å². The summed E-state index contributed by atoms with van der Waals surface area (Å²) in [7, 11) is 1.57. The fraction of sp³-hybridized carbons (Fsp3) is 0.455. The predicted molar refractivity (Wildman–Crippen MR) is 70.5 cm³/mol. The van der Waals surface area contributed by atoms with Crippen molar-refractivity contribution in [1.82, 2.24) is 9.88 Å². The highest BCUT2D eigenvalue weighted by molar-refractivity contribution is 5.98. The summed E-state index contributed by atoms with van der Waals surface area (Å²) in [5.41, 5.74) is -0.564. The lowest BCUT2D eigenvalue weighted by atomic mass is 10.2. The molecule has 110 valence electrons. The van der Waals surface area contributed by atoms with Crippen molar-refractivity contribution in [3.05, 3.63) is 27.9 Å². The summed E-state index contributed by atoms with van der Waals surface area (Å²) in [5, 5.41) is 31.4. The van der Waals surface area contributed by atoms with E-state index in [1.54, 1.807) is 7.05 Å². The van der Waals surface area contributed by atoms with Crippen molar-refractivity contribution in [2.24, 2.45) is 0 Å². The number of pyridine rings is 1. The molecular weight excluding hydrogens is 268 g/mol. The Labute approximate surface area is 115 Å². The van der Waals surface area contributed by atoms with Gasteiger partial charge in [-0.05, 0) is 0 Å². The van der Waals surface area contributed by atoms with Crippen LogP contribution in [0.25, 0.3) is 0 Å². The highest BCUT2D eigenvalue weighted by Gasteiger charge is 2.25. The number of carbonyl (C=O) groups excluding carboxylic acids is 1. The average Bonchev–Trinajstić information content (AvgIpc) is 2.45. The molecule has 0 radical (unpaired) electrons. The van der Waals surface area contributed by atoms with Gasteiger partial charge in [0.1, 0.15) is 17.6 Å². The predicted octanol–water partition coefficient (Wildman–Crippen LogP) is -0.542. The smallest absolute Gasteiger partial charge is 0.300 e. The molecule has 0 saturated heterocycles. The normalized spacial score (nSPS) is 10.2. The lowest BCUT2D eigenvalue weighted by molar-refractivity contribution is -0.385. The number of anilines is 1. The topological polar surface area (TPSA) is 129 Å². The number of carbonyl (C=O) groups is 1. The number of hydrogen-bond acceptors (Lipinski definition) is 7. The molecule has 0 aliphatic heterocycles. The summed E-state index contributed by atoms with van der Waals surface area (Å²) in [4.78, 5) is 27.4. The fourth-order valence-electron chi connectivity index (χ4n) is 1.63. The third kappa shape index (κ3) is 3.62. The van der Waals surface area contributed by atoms with E-state index in [0.29, 0.717) is 5.82 Å². The van der Waals surface area contributed by atoms with Gasteiger partial charge >= 0.3 is 0 Å². The van der Waals surface area contributed by atoms with Gasteiger partial charge in [-0.1, -0.05) is 0 Å². The maximum atomic E-state index is 12.3. The molecule has 1 heterocycles. The van der Waals surface area contributed by atoms with E-state index in [9.17, 15) is 14.9 Å². The molecule has 0 spiro atoms. The van der Waals surface area contributed by atoms with Crippen LogP contribution in [0, 0.1) is 10.1 Å². The molecule has 20 heavy (non-hydrogen) atoms. The molecule has 0 bridgehead atoms. The Morgan fingerprint density at radius 3 is 2.50 bits per heavy atom. The first-order chi connectivity index (χ1) is 9.54. The Bertz CT molecular complexity index is 488. The number of aromatic nitrogens is 1. The van der Waals surface area contributed by atoms with Crippen molar-refractivity contribution in [2.45, 2.75) is 0 Å². The van der Waals surface area contributed by atoms with Gasteiger partial charge in [0.2, 0.25) is 0 Å². The van der Waals surface area contributed by atoms with Crippen LogP contribution in [-0.2, 0) is 0 Å². The SMILES string of the molecule is CNc1cc(C(=O)N(CCO)CCO)c([N+](=O)[O-])cn1. The standard InChI is InChI=1S/C11H16N4O5/c1-12-10-6-8(9(7-13-10)15(19)20)11(18)14(2-4-16)3-5-17/h6-7,16-17H,2-5H2,1H3,(H,12,13). The first-order valence-corrected chi connectivity index (χ1v) is 5.88. The monoisotopic (exact) mass is 284 g/mol. The molecule has 0 atom stereocenters. The number of rotatable bonds is 7. The number of amides is 1. The van der Waals surface area contributed by atoms with Crippen molar-refractivity contribution in [3.63, 3.8) is 0 Å². The Hall–Kier alpha value is -2.26. The zero-order valence-electron chi connectivity index (χ0n) is 10.9. The van der Waals surface area contributed by atoms with Crippen LogP contribution in [0.1, 0.15) is 10.4 Å². The van der Waals surface area contributed by atoms with Gasteiger partial charge in [0.05, 0.1) is 18.1 Å². The Morgan fingerprint density at radius 1 is 1.45 bits per heavy atom. The number of nitrogens with zero attached hydrogens (tertiary/aromatic N) is 3. The van der Waals surface area contributed by atoms with Crippen molar-refractivity contribution in [2.75, 3.05) is 38.7 Å². The second-order valence-electron chi connectivity index (χ2n) is 3.83. The largest absolute Gasteiger partial charge is 0.395 e. The maximum Gasteiger partial charge on any atom is 0.300 e. The van der Waals surface area contributed by atoms with Gasteiger partial charge in [0.15, 0.2) is 0 Å². The molecule has 3 N–H and O–H groups in total. The second kappa shape index (κ2) is 7.36. The van der Waals surface area contributed by atoms with Crippen LogP contribution in [0.5, 0.6) is 0 Å². The van der Waals surface area contributed by atoms with Crippen LogP contribution >= 0.6 is 0 Å². The maximum absolute atomic E-state index is 12.3. The molecule has 0 aliphatic rings. The van der Waals surface area contributed by atoms with E-state index in [4.69, 9.17) is 10.2 Å². The van der Waals surface area contributed by atoms with Crippen LogP contribution in [0.4, 0.5) is 11.5 Å². The van der Waals surface area contributed by atoms with Crippen molar-refractivity contribution >= 4 is 17.4 Å². The lowest BCUT2D eigenvalue weighted by Gasteiger charge is -2.20. The fourth-order valence-corrected chi connectivity index (χ4v) is 1.63. The summed E-state index contributed by atoms with van der Waals surface area (Å²) in [6, 6.07) is 1.27. The van der Waals surface area contributed by atoms with Crippen LogP contribution in [0.3, 0.4) is 0 Å². The highest BCUT2D eigenvalue weighted by Crippen LogP contribution is 2.21. The Kier molecular flexibility index (Phi) is 5.81. The zero-order chi connectivity index (χ0) is 15.1. The number of hydrogen-bond donors (Lipinski definition) is 3. The van der Waals surface area contributed by atoms with Gasteiger partial charge in [0.25, 0.3) is 11.6 Å². The summed E-state index contributed by atoms with van der Waals surface area (Å²) in [6.45, 7) is -0.644. The Balaban J connectivity index is 3.19. The van der Waals surface area contributed by atoms with E-state index in [1.165, 1.54) is 6.07 Å². The minimum atomic E-state index is -0.699. The lowest BCUT2D eigenvalue weighted by Crippen LogP contribution is -2.36. The van der Waals surface area contributed by atoms with Gasteiger partial charge in [-0.2, -0.15) is 0 Å². The first kappa shape index (κ1) is 15.8. The first-order valence-electron chi connectivity index (χ1n) is 5.88. The van der Waals surface area contributed by atoms with E-state index in [0.717, 1.165) is 11.1 Å². The highest BCUT2D eigenvalue weighted by atomic mass is 16.6. The third-order valence-electron chi connectivity index (χ3n) is 2.59. The Morgan fingerprint density at radius 2 is 2.05 bits per heavy atom. The molecule has 0 saturated carbocycles. The number of nitro groups is 1.